The van der Waals surface area contributed by atoms with Crippen molar-refractivity contribution in [3.05, 3.63) is 78.4 Å². The summed E-state index contributed by atoms with van der Waals surface area (Å²) >= 11 is 0. The van der Waals surface area contributed by atoms with Crippen molar-refractivity contribution in [2.75, 3.05) is 19.0 Å². The molecule has 1 N–H and O–H groups in total. The lowest BCUT2D eigenvalue weighted by molar-refractivity contribution is -0.137. The first-order chi connectivity index (χ1) is 14.8. The zero-order chi connectivity index (χ0) is 22.3. The fourth-order valence-corrected chi connectivity index (χ4v) is 3.04. The van der Waals surface area contributed by atoms with Gasteiger partial charge in [0, 0.05) is 37.7 Å². The van der Waals surface area contributed by atoms with E-state index in [1.54, 1.807) is 36.7 Å². The second-order valence-corrected chi connectivity index (χ2v) is 6.93. The van der Waals surface area contributed by atoms with E-state index in [1.165, 1.54) is 12.1 Å². The molecule has 0 saturated heterocycles. The molecule has 0 unspecified atom stereocenters. The lowest BCUT2D eigenvalue weighted by atomic mass is 10.2. The van der Waals surface area contributed by atoms with E-state index in [4.69, 9.17) is 4.74 Å². The summed E-state index contributed by atoms with van der Waals surface area (Å²) in [6.45, 7) is 1.38. The predicted octanol–water partition coefficient (Wildman–Crippen LogP) is 5.03. The first kappa shape index (κ1) is 22.2. The molecule has 0 spiro atoms. The largest absolute Gasteiger partial charge is 0.497 e. The number of aryl methyl sites for hydroxylation is 1. The molecule has 3 aromatic rings. The number of amides is 2. The first-order valence-corrected chi connectivity index (χ1v) is 9.67. The van der Waals surface area contributed by atoms with Gasteiger partial charge in [-0.1, -0.05) is 18.2 Å². The fraction of sp³-hybridized carbons (Fsp3) is 0.273. The normalized spacial score (nSPS) is 11.2. The third-order valence-electron chi connectivity index (χ3n) is 4.66. The van der Waals surface area contributed by atoms with Gasteiger partial charge in [-0.3, -0.25) is 0 Å². The quantitative estimate of drug-likeness (QED) is 0.543. The highest BCUT2D eigenvalue weighted by atomic mass is 19.4. The van der Waals surface area contributed by atoms with Crippen LogP contribution in [-0.4, -0.2) is 34.1 Å². The minimum absolute atomic E-state index is 0.0918. The number of urea groups is 1. The molecule has 1 aromatic heterocycles. The Bertz CT molecular complexity index is 973. The monoisotopic (exact) mass is 432 g/mol. The lowest BCUT2D eigenvalue weighted by Crippen LogP contribution is -2.35. The molecule has 9 heteroatoms. The van der Waals surface area contributed by atoms with Crippen molar-refractivity contribution in [2.45, 2.75) is 25.7 Å². The number of nitrogens with one attached hydrogen (secondary N) is 1. The Hall–Kier alpha value is -3.49. The maximum atomic E-state index is 13.0. The third kappa shape index (κ3) is 6.50. The van der Waals surface area contributed by atoms with Crippen LogP contribution >= 0.6 is 0 Å². The molecule has 6 nitrogen and oxygen atoms in total. The van der Waals surface area contributed by atoms with Crippen molar-refractivity contribution < 1.29 is 22.7 Å². The van der Waals surface area contributed by atoms with Gasteiger partial charge in [0.1, 0.15) is 5.75 Å². The number of methoxy groups -OCH3 is 1. The molecular formula is C22H23F3N4O2. The number of rotatable bonds is 8. The van der Waals surface area contributed by atoms with Gasteiger partial charge in [-0.15, -0.1) is 0 Å². The molecule has 0 saturated carbocycles. The topological polar surface area (TPSA) is 59.4 Å². The fourth-order valence-electron chi connectivity index (χ4n) is 3.04. The van der Waals surface area contributed by atoms with Gasteiger partial charge in [0.05, 0.1) is 19.0 Å². The van der Waals surface area contributed by atoms with E-state index in [2.05, 4.69) is 10.3 Å². The van der Waals surface area contributed by atoms with Crippen LogP contribution in [0.15, 0.2) is 67.3 Å². The average Bonchev–Trinajstić information content (AvgIpc) is 3.26. The Morgan fingerprint density at radius 2 is 1.97 bits per heavy atom. The molecule has 0 aliphatic carbocycles. The third-order valence-corrected chi connectivity index (χ3v) is 4.66. The Morgan fingerprint density at radius 3 is 2.61 bits per heavy atom. The van der Waals surface area contributed by atoms with E-state index in [9.17, 15) is 18.0 Å². The van der Waals surface area contributed by atoms with Crippen LogP contribution in [0.5, 0.6) is 5.75 Å². The molecule has 1 heterocycles. The summed E-state index contributed by atoms with van der Waals surface area (Å²) < 4.78 is 46.0. The molecule has 0 radical (unpaired) electrons. The smallest absolute Gasteiger partial charge is 0.416 e. The number of halogens is 3. The number of benzene rings is 2. The predicted molar refractivity (Wildman–Crippen MR) is 111 cm³/mol. The van der Waals surface area contributed by atoms with Gasteiger partial charge in [-0.05, 0) is 42.3 Å². The van der Waals surface area contributed by atoms with Crippen molar-refractivity contribution in [1.29, 1.82) is 0 Å². The van der Waals surface area contributed by atoms with Crippen LogP contribution in [0.3, 0.4) is 0 Å². The highest BCUT2D eigenvalue weighted by molar-refractivity contribution is 5.89. The number of alkyl halides is 3. The number of carbonyl (C=O) groups excluding carboxylic acids is 1. The van der Waals surface area contributed by atoms with E-state index in [0.717, 1.165) is 17.7 Å². The number of hydrogen-bond donors (Lipinski definition) is 1. The summed E-state index contributed by atoms with van der Waals surface area (Å²) in [5.74, 6) is 0.698. The summed E-state index contributed by atoms with van der Waals surface area (Å²) in [7, 11) is 1.57. The van der Waals surface area contributed by atoms with Crippen molar-refractivity contribution in [1.82, 2.24) is 14.5 Å². The van der Waals surface area contributed by atoms with Crippen molar-refractivity contribution >= 4 is 11.7 Å². The van der Waals surface area contributed by atoms with Crippen LogP contribution in [0.25, 0.3) is 0 Å². The number of imidazole rings is 1. The standard InChI is InChI=1S/C22H23F3N4O2/c1-31-20-8-6-17(7-9-20)15-29(12-3-11-28-13-10-26-16-28)21(30)27-19-5-2-4-18(14-19)22(23,24)25/h2,4-10,13-14,16H,3,11-12,15H2,1H3,(H,27,30). The SMILES string of the molecule is COc1ccc(CN(CCCn2ccnc2)C(=O)Nc2cccc(C(F)(F)F)c2)cc1. The zero-order valence-corrected chi connectivity index (χ0v) is 17.0. The van der Waals surface area contributed by atoms with Crippen LogP contribution in [-0.2, 0) is 19.3 Å². The van der Waals surface area contributed by atoms with Crippen LogP contribution in [0.1, 0.15) is 17.5 Å². The molecule has 3 rings (SSSR count). The number of ether oxygens (including phenoxy) is 1. The minimum Gasteiger partial charge on any atom is -0.497 e. The summed E-state index contributed by atoms with van der Waals surface area (Å²) in [6.07, 6.45) is 1.37. The number of anilines is 1. The Morgan fingerprint density at radius 1 is 1.19 bits per heavy atom. The van der Waals surface area contributed by atoms with Gasteiger partial charge in [-0.2, -0.15) is 13.2 Å². The van der Waals surface area contributed by atoms with Crippen LogP contribution in [0.2, 0.25) is 0 Å². The number of nitrogens with zero attached hydrogens (tertiary/aromatic N) is 3. The molecule has 0 aliphatic heterocycles. The number of hydrogen-bond acceptors (Lipinski definition) is 3. The molecular weight excluding hydrogens is 409 g/mol. The van der Waals surface area contributed by atoms with Gasteiger partial charge >= 0.3 is 12.2 Å². The van der Waals surface area contributed by atoms with Crippen LogP contribution < -0.4 is 10.1 Å². The van der Waals surface area contributed by atoms with E-state index in [1.807, 2.05) is 22.9 Å². The van der Waals surface area contributed by atoms with Gasteiger partial charge in [0.15, 0.2) is 0 Å². The molecule has 0 aliphatic rings. The molecule has 164 valence electrons. The minimum atomic E-state index is -4.48. The molecule has 0 bridgehead atoms. The molecule has 0 fully saturated rings. The van der Waals surface area contributed by atoms with Crippen molar-refractivity contribution in [2.24, 2.45) is 0 Å². The second kappa shape index (κ2) is 10.0. The van der Waals surface area contributed by atoms with Gasteiger partial charge in [0.2, 0.25) is 0 Å². The average molecular weight is 432 g/mol. The second-order valence-electron chi connectivity index (χ2n) is 6.93. The van der Waals surface area contributed by atoms with Crippen LogP contribution in [0.4, 0.5) is 23.7 Å². The first-order valence-electron chi connectivity index (χ1n) is 9.67. The maximum absolute atomic E-state index is 13.0. The number of aromatic nitrogens is 2. The zero-order valence-electron chi connectivity index (χ0n) is 17.0. The Kier molecular flexibility index (Phi) is 7.17. The Labute approximate surface area is 178 Å². The van der Waals surface area contributed by atoms with Gasteiger partial charge in [-0.25, -0.2) is 9.78 Å². The van der Waals surface area contributed by atoms with Crippen molar-refractivity contribution in [3.8, 4) is 5.75 Å². The molecule has 31 heavy (non-hydrogen) atoms. The highest BCUT2D eigenvalue weighted by Gasteiger charge is 2.30. The Balaban J connectivity index is 1.71. The summed E-state index contributed by atoms with van der Waals surface area (Å²) in [4.78, 5) is 18.4. The van der Waals surface area contributed by atoms with E-state index in [0.29, 0.717) is 31.8 Å². The molecule has 0 atom stereocenters. The van der Waals surface area contributed by atoms with Crippen molar-refractivity contribution in [3.63, 3.8) is 0 Å². The summed E-state index contributed by atoms with van der Waals surface area (Å²) in [5, 5.41) is 2.58. The summed E-state index contributed by atoms with van der Waals surface area (Å²) in [5.41, 5.74) is 0.156. The van der Waals surface area contributed by atoms with E-state index in [-0.39, 0.29) is 5.69 Å². The molecule has 2 amide bonds. The highest BCUT2D eigenvalue weighted by Crippen LogP contribution is 2.30. The van der Waals surface area contributed by atoms with E-state index < -0.39 is 17.8 Å². The van der Waals surface area contributed by atoms with Gasteiger partial charge < -0.3 is 19.5 Å². The molecule has 2 aromatic carbocycles. The number of carbonyl (C=O) groups is 1. The summed E-state index contributed by atoms with van der Waals surface area (Å²) in [6, 6.07) is 11.4. The van der Waals surface area contributed by atoms with Gasteiger partial charge in [0.25, 0.3) is 0 Å². The lowest BCUT2D eigenvalue weighted by Gasteiger charge is -2.24. The van der Waals surface area contributed by atoms with Crippen LogP contribution in [0, 0.1) is 0 Å². The maximum Gasteiger partial charge on any atom is 0.416 e. The van der Waals surface area contributed by atoms with E-state index >= 15 is 0 Å².